The second kappa shape index (κ2) is 8.17. The molecule has 0 aliphatic rings. The molecule has 0 fully saturated rings. The van der Waals surface area contributed by atoms with Crippen molar-refractivity contribution in [3.63, 3.8) is 0 Å². The Kier molecular flexibility index (Phi) is 5.67. The molecule has 1 atom stereocenters. The second-order valence-corrected chi connectivity index (χ2v) is 6.68. The van der Waals surface area contributed by atoms with Gasteiger partial charge in [-0.25, -0.2) is 4.79 Å². The molecule has 3 aromatic heterocycles. The van der Waals surface area contributed by atoms with Gasteiger partial charge in [-0.15, -0.1) is 0 Å². The van der Waals surface area contributed by atoms with Crippen molar-refractivity contribution in [1.82, 2.24) is 14.9 Å². The van der Waals surface area contributed by atoms with E-state index >= 15 is 0 Å². The summed E-state index contributed by atoms with van der Waals surface area (Å²) in [6.45, 7) is 8.86. The van der Waals surface area contributed by atoms with E-state index in [1.54, 1.807) is 19.1 Å². The summed E-state index contributed by atoms with van der Waals surface area (Å²) in [6, 6.07) is 5.32. The topological polar surface area (TPSA) is 112 Å². The summed E-state index contributed by atoms with van der Waals surface area (Å²) in [7, 11) is 0. The lowest BCUT2D eigenvalue weighted by atomic mass is 10.2. The van der Waals surface area contributed by atoms with Gasteiger partial charge in [0.2, 0.25) is 0 Å². The standard InChI is InChI=1S/C20H22N4O5/c1-11-8-16(14(4)24(11)18-10-13(3)29-23-18)6-7-19(25)27-15(5)20(26)21-17-9-12(2)28-22-17/h6-10,15H,1-5H3,(H,21,22,26)/b7-6+/t15-/m0/s1. The van der Waals surface area contributed by atoms with E-state index in [0.29, 0.717) is 17.3 Å². The van der Waals surface area contributed by atoms with E-state index in [1.165, 1.54) is 13.0 Å². The monoisotopic (exact) mass is 398 g/mol. The maximum atomic E-state index is 12.1. The van der Waals surface area contributed by atoms with Crippen LogP contribution in [0.3, 0.4) is 0 Å². The van der Waals surface area contributed by atoms with E-state index in [-0.39, 0.29) is 5.82 Å². The number of aryl methyl sites for hydroxylation is 3. The third kappa shape index (κ3) is 4.63. The number of esters is 1. The Hall–Kier alpha value is -3.62. The largest absolute Gasteiger partial charge is 0.449 e. The molecule has 29 heavy (non-hydrogen) atoms. The van der Waals surface area contributed by atoms with Gasteiger partial charge in [0, 0.05) is 29.6 Å². The third-order valence-corrected chi connectivity index (χ3v) is 4.26. The molecule has 0 aromatic carbocycles. The number of anilines is 1. The Morgan fingerprint density at radius 2 is 1.79 bits per heavy atom. The second-order valence-electron chi connectivity index (χ2n) is 6.68. The molecule has 0 aliphatic heterocycles. The molecule has 9 nitrogen and oxygen atoms in total. The van der Waals surface area contributed by atoms with Gasteiger partial charge in [0.1, 0.15) is 11.5 Å². The number of aromatic nitrogens is 3. The quantitative estimate of drug-likeness (QED) is 0.501. The Balaban J connectivity index is 1.64. The molecular weight excluding hydrogens is 376 g/mol. The summed E-state index contributed by atoms with van der Waals surface area (Å²) < 4.78 is 17.1. The Bertz CT molecular complexity index is 1070. The van der Waals surface area contributed by atoms with Crippen LogP contribution in [-0.2, 0) is 14.3 Å². The number of hydrogen-bond acceptors (Lipinski definition) is 7. The van der Waals surface area contributed by atoms with E-state index in [4.69, 9.17) is 13.8 Å². The maximum absolute atomic E-state index is 12.1. The minimum atomic E-state index is -0.991. The van der Waals surface area contributed by atoms with Gasteiger partial charge in [-0.2, -0.15) is 0 Å². The fourth-order valence-corrected chi connectivity index (χ4v) is 2.85. The highest BCUT2D eigenvalue weighted by Gasteiger charge is 2.18. The maximum Gasteiger partial charge on any atom is 0.331 e. The zero-order chi connectivity index (χ0) is 21.1. The van der Waals surface area contributed by atoms with Gasteiger partial charge in [-0.1, -0.05) is 10.3 Å². The Labute approximate surface area is 167 Å². The van der Waals surface area contributed by atoms with Crippen LogP contribution in [0.25, 0.3) is 11.9 Å². The molecule has 0 spiro atoms. The first-order valence-corrected chi connectivity index (χ1v) is 9.00. The molecule has 3 rings (SSSR count). The van der Waals surface area contributed by atoms with Gasteiger partial charge in [-0.05, 0) is 52.3 Å². The summed E-state index contributed by atoms with van der Waals surface area (Å²) >= 11 is 0. The number of carbonyl (C=O) groups is 2. The number of ether oxygens (including phenoxy) is 1. The van der Waals surface area contributed by atoms with Crippen LogP contribution in [0, 0.1) is 27.7 Å². The molecule has 3 aromatic rings. The molecule has 0 bridgehead atoms. The van der Waals surface area contributed by atoms with Gasteiger partial charge >= 0.3 is 5.97 Å². The van der Waals surface area contributed by atoms with Crippen LogP contribution < -0.4 is 5.32 Å². The van der Waals surface area contributed by atoms with Crippen molar-refractivity contribution in [3.8, 4) is 5.82 Å². The zero-order valence-corrected chi connectivity index (χ0v) is 16.8. The summed E-state index contributed by atoms with van der Waals surface area (Å²) in [4.78, 5) is 24.2. The lowest BCUT2D eigenvalue weighted by Crippen LogP contribution is -2.29. The summed E-state index contributed by atoms with van der Waals surface area (Å²) in [5.41, 5.74) is 2.67. The molecule has 9 heteroatoms. The molecule has 0 aliphatic carbocycles. The van der Waals surface area contributed by atoms with Crippen LogP contribution in [0.5, 0.6) is 0 Å². The molecular formula is C20H22N4O5. The van der Waals surface area contributed by atoms with Crippen LogP contribution in [0.4, 0.5) is 5.82 Å². The molecule has 152 valence electrons. The predicted octanol–water partition coefficient (Wildman–Crippen LogP) is 3.27. The van der Waals surface area contributed by atoms with Crippen LogP contribution >= 0.6 is 0 Å². The summed E-state index contributed by atoms with van der Waals surface area (Å²) in [6.07, 6.45) is 1.93. The van der Waals surface area contributed by atoms with Crippen LogP contribution in [0.1, 0.15) is 35.4 Å². The summed E-state index contributed by atoms with van der Waals surface area (Å²) in [5.74, 6) is 1.08. The fourth-order valence-electron chi connectivity index (χ4n) is 2.85. The van der Waals surface area contributed by atoms with Crippen LogP contribution in [-0.4, -0.2) is 32.9 Å². The van der Waals surface area contributed by atoms with Crippen LogP contribution in [0.2, 0.25) is 0 Å². The lowest BCUT2D eigenvalue weighted by Gasteiger charge is -2.10. The predicted molar refractivity (Wildman–Crippen MR) is 104 cm³/mol. The Morgan fingerprint density at radius 1 is 1.10 bits per heavy atom. The number of amides is 1. The van der Waals surface area contributed by atoms with Crippen molar-refractivity contribution in [2.45, 2.75) is 40.7 Å². The first kappa shape index (κ1) is 20.1. The molecule has 0 unspecified atom stereocenters. The highest BCUT2D eigenvalue weighted by Crippen LogP contribution is 2.21. The van der Waals surface area contributed by atoms with E-state index in [2.05, 4.69) is 15.6 Å². The van der Waals surface area contributed by atoms with Crippen molar-refractivity contribution < 1.29 is 23.4 Å². The van der Waals surface area contributed by atoms with Crippen molar-refractivity contribution in [1.29, 1.82) is 0 Å². The van der Waals surface area contributed by atoms with Gasteiger partial charge in [-0.3, -0.25) is 9.36 Å². The minimum absolute atomic E-state index is 0.265. The first-order valence-electron chi connectivity index (χ1n) is 9.00. The number of rotatable bonds is 6. The van der Waals surface area contributed by atoms with E-state index < -0.39 is 18.0 Å². The zero-order valence-electron chi connectivity index (χ0n) is 16.8. The molecule has 1 N–H and O–H groups in total. The highest BCUT2D eigenvalue weighted by atomic mass is 16.5. The summed E-state index contributed by atoms with van der Waals surface area (Å²) in [5, 5.41) is 10.2. The van der Waals surface area contributed by atoms with Crippen molar-refractivity contribution in [2.75, 3.05) is 5.32 Å². The van der Waals surface area contributed by atoms with Crippen molar-refractivity contribution in [2.24, 2.45) is 0 Å². The normalized spacial score (nSPS) is 12.3. The number of hydrogen-bond donors (Lipinski definition) is 1. The van der Waals surface area contributed by atoms with Crippen molar-refractivity contribution >= 4 is 23.8 Å². The molecule has 1 amide bonds. The first-order chi connectivity index (χ1) is 13.7. The number of nitrogens with zero attached hydrogens (tertiary/aromatic N) is 3. The van der Waals surface area contributed by atoms with Crippen molar-refractivity contribution in [3.05, 3.63) is 52.7 Å². The average molecular weight is 398 g/mol. The Morgan fingerprint density at radius 3 is 2.41 bits per heavy atom. The van der Waals surface area contributed by atoms with E-state index in [1.807, 2.05) is 37.5 Å². The van der Waals surface area contributed by atoms with Gasteiger partial charge in [0.25, 0.3) is 5.91 Å². The molecule has 0 saturated heterocycles. The highest BCUT2D eigenvalue weighted by molar-refractivity contribution is 5.96. The minimum Gasteiger partial charge on any atom is -0.449 e. The lowest BCUT2D eigenvalue weighted by molar-refractivity contribution is -0.148. The molecule has 0 saturated carbocycles. The number of nitrogens with one attached hydrogen (secondary N) is 1. The average Bonchev–Trinajstić information content (AvgIpc) is 3.33. The van der Waals surface area contributed by atoms with E-state index in [0.717, 1.165) is 17.0 Å². The smallest absolute Gasteiger partial charge is 0.331 e. The van der Waals surface area contributed by atoms with Crippen LogP contribution in [0.15, 0.2) is 33.3 Å². The van der Waals surface area contributed by atoms with Gasteiger partial charge in [0.05, 0.1) is 0 Å². The number of carbonyl (C=O) groups excluding carboxylic acids is 2. The van der Waals surface area contributed by atoms with E-state index in [9.17, 15) is 9.59 Å². The van der Waals surface area contributed by atoms with Gasteiger partial charge in [0.15, 0.2) is 17.7 Å². The molecule has 0 radical (unpaired) electrons. The fraction of sp³-hybridized carbons (Fsp3) is 0.300. The SMILES string of the molecule is Cc1cc(NC(=O)[C@H](C)OC(=O)/C=C/c2cc(C)n(-c3cc(C)on3)c2C)no1. The molecule has 3 heterocycles. The van der Waals surface area contributed by atoms with Gasteiger partial charge < -0.3 is 19.1 Å². The third-order valence-electron chi connectivity index (χ3n) is 4.26.